The molecular formula is C18H17ClFN3O. The summed E-state index contributed by atoms with van der Waals surface area (Å²) >= 11 is 5.83. The topological polar surface area (TPSA) is 47.0 Å². The maximum atomic E-state index is 14.9. The molecule has 0 amide bonds. The van der Waals surface area contributed by atoms with Gasteiger partial charge in [0.2, 0.25) is 0 Å². The molecule has 3 aromatic rings. The molecule has 0 aliphatic rings. The van der Waals surface area contributed by atoms with E-state index >= 15 is 0 Å². The van der Waals surface area contributed by atoms with Crippen molar-refractivity contribution in [3.8, 4) is 5.75 Å². The lowest BCUT2D eigenvalue weighted by molar-refractivity contribution is 0.334. The van der Waals surface area contributed by atoms with Crippen LogP contribution in [0.25, 0.3) is 10.8 Å². The molecule has 1 heterocycles. The molecule has 4 nitrogen and oxygen atoms in total. The van der Waals surface area contributed by atoms with E-state index < -0.39 is 0 Å². The molecule has 0 radical (unpaired) electrons. The first-order chi connectivity index (χ1) is 11.7. The molecule has 0 unspecified atom stereocenters. The van der Waals surface area contributed by atoms with Gasteiger partial charge in [0.1, 0.15) is 28.9 Å². The normalized spacial score (nSPS) is 10.8. The molecule has 24 heavy (non-hydrogen) atoms. The van der Waals surface area contributed by atoms with E-state index in [0.29, 0.717) is 47.2 Å². The highest BCUT2D eigenvalue weighted by atomic mass is 35.5. The Bertz CT molecular complexity index is 857. The predicted molar refractivity (Wildman–Crippen MR) is 94.3 cm³/mol. The van der Waals surface area contributed by atoms with Gasteiger partial charge in [0, 0.05) is 23.6 Å². The first kappa shape index (κ1) is 16.5. The minimum atomic E-state index is -0.237. The molecule has 0 aliphatic heterocycles. The number of nitrogens with zero attached hydrogens (tertiary/aromatic N) is 2. The van der Waals surface area contributed by atoms with Crippen molar-refractivity contribution in [2.75, 3.05) is 18.5 Å². The molecule has 0 bridgehead atoms. The number of hydrogen-bond acceptors (Lipinski definition) is 4. The van der Waals surface area contributed by atoms with Crippen molar-refractivity contribution in [3.63, 3.8) is 0 Å². The number of nitrogens with one attached hydrogen (secondary N) is 1. The average Bonchev–Trinajstić information content (AvgIpc) is 2.58. The van der Waals surface area contributed by atoms with Crippen LogP contribution in [0.1, 0.15) is 12.5 Å². The fourth-order valence-corrected chi connectivity index (χ4v) is 2.73. The number of ether oxygens (including phenoxy) is 1. The van der Waals surface area contributed by atoms with E-state index in [1.54, 1.807) is 12.1 Å². The Balaban J connectivity index is 1.84. The Morgan fingerprint density at radius 2 is 2.04 bits per heavy atom. The lowest BCUT2D eigenvalue weighted by atomic mass is 10.0. The minimum absolute atomic E-state index is 0.237. The van der Waals surface area contributed by atoms with Crippen molar-refractivity contribution in [1.82, 2.24) is 9.97 Å². The molecule has 0 saturated heterocycles. The zero-order chi connectivity index (χ0) is 16.9. The zero-order valence-corrected chi connectivity index (χ0v) is 14.0. The van der Waals surface area contributed by atoms with Crippen molar-refractivity contribution in [2.45, 2.75) is 13.3 Å². The van der Waals surface area contributed by atoms with Gasteiger partial charge in [0.05, 0.1) is 6.61 Å². The fraction of sp³-hybridized carbons (Fsp3) is 0.222. The Labute approximate surface area is 144 Å². The monoisotopic (exact) mass is 345 g/mol. The summed E-state index contributed by atoms with van der Waals surface area (Å²) < 4.78 is 20.5. The van der Waals surface area contributed by atoms with Crippen LogP contribution in [0.2, 0.25) is 5.15 Å². The third-order valence-corrected chi connectivity index (χ3v) is 3.87. The van der Waals surface area contributed by atoms with Crippen molar-refractivity contribution in [3.05, 3.63) is 59.3 Å². The third kappa shape index (κ3) is 3.57. The van der Waals surface area contributed by atoms with E-state index in [0.717, 1.165) is 5.39 Å². The highest BCUT2D eigenvalue weighted by Gasteiger charge is 2.14. The van der Waals surface area contributed by atoms with Crippen LogP contribution in [-0.4, -0.2) is 23.1 Å². The molecule has 6 heteroatoms. The van der Waals surface area contributed by atoms with Crippen LogP contribution in [0.5, 0.6) is 5.75 Å². The van der Waals surface area contributed by atoms with Gasteiger partial charge >= 0.3 is 0 Å². The van der Waals surface area contributed by atoms with Gasteiger partial charge in [-0.1, -0.05) is 35.9 Å². The average molecular weight is 346 g/mol. The Kier molecular flexibility index (Phi) is 5.11. The van der Waals surface area contributed by atoms with E-state index in [1.807, 2.05) is 31.2 Å². The Morgan fingerprint density at radius 3 is 2.83 bits per heavy atom. The van der Waals surface area contributed by atoms with E-state index in [9.17, 15) is 4.39 Å². The lowest BCUT2D eigenvalue weighted by Gasteiger charge is -2.14. The highest BCUT2D eigenvalue weighted by Crippen LogP contribution is 2.30. The summed E-state index contributed by atoms with van der Waals surface area (Å²) in [5, 5.41) is 4.91. The second-order valence-corrected chi connectivity index (χ2v) is 5.61. The summed E-state index contributed by atoms with van der Waals surface area (Å²) in [6.45, 7) is 2.88. The molecule has 0 saturated carbocycles. The van der Waals surface area contributed by atoms with Gasteiger partial charge in [-0.3, -0.25) is 0 Å². The number of hydrogen-bond donors (Lipinski definition) is 1. The van der Waals surface area contributed by atoms with E-state index in [2.05, 4.69) is 15.3 Å². The zero-order valence-electron chi connectivity index (χ0n) is 13.2. The number of fused-ring (bicyclic) bond motifs is 1. The van der Waals surface area contributed by atoms with Gasteiger partial charge in [-0.25, -0.2) is 14.4 Å². The van der Waals surface area contributed by atoms with Gasteiger partial charge in [0.25, 0.3) is 0 Å². The molecule has 0 atom stereocenters. The second kappa shape index (κ2) is 7.45. The molecule has 0 fully saturated rings. The van der Waals surface area contributed by atoms with Crippen molar-refractivity contribution >= 4 is 28.2 Å². The number of halogens is 2. The van der Waals surface area contributed by atoms with Gasteiger partial charge in [-0.15, -0.1) is 0 Å². The van der Waals surface area contributed by atoms with Crippen LogP contribution >= 0.6 is 11.6 Å². The van der Waals surface area contributed by atoms with Crippen LogP contribution < -0.4 is 10.1 Å². The molecule has 1 aromatic heterocycles. The maximum absolute atomic E-state index is 14.9. The fourth-order valence-electron chi connectivity index (χ4n) is 2.58. The summed E-state index contributed by atoms with van der Waals surface area (Å²) in [5.74, 6) is 0.949. The predicted octanol–water partition coefficient (Wildman–Crippen LogP) is 4.48. The standard InChI is InChI=1S/C18H17ClFN3O/c1-2-24-15-9-12-5-3-4-6-13(12)18(20)14(15)7-8-21-17-10-16(19)22-11-23-17/h3-6,9-11H,2,7-8H2,1H3,(H,21,22,23). The van der Waals surface area contributed by atoms with Crippen molar-refractivity contribution < 1.29 is 9.13 Å². The first-order valence-corrected chi connectivity index (χ1v) is 8.11. The molecule has 2 aromatic carbocycles. The van der Waals surface area contributed by atoms with Crippen LogP contribution in [0.15, 0.2) is 42.7 Å². The van der Waals surface area contributed by atoms with Gasteiger partial charge in [-0.05, 0) is 24.8 Å². The van der Waals surface area contributed by atoms with Crippen LogP contribution in [-0.2, 0) is 6.42 Å². The van der Waals surface area contributed by atoms with Crippen molar-refractivity contribution in [2.24, 2.45) is 0 Å². The molecule has 124 valence electrons. The van der Waals surface area contributed by atoms with Crippen LogP contribution in [0.3, 0.4) is 0 Å². The minimum Gasteiger partial charge on any atom is -0.493 e. The smallest absolute Gasteiger partial charge is 0.137 e. The lowest BCUT2D eigenvalue weighted by Crippen LogP contribution is -2.09. The SMILES string of the molecule is CCOc1cc2ccccc2c(F)c1CCNc1cc(Cl)ncn1. The summed E-state index contributed by atoms with van der Waals surface area (Å²) in [4.78, 5) is 7.90. The van der Waals surface area contributed by atoms with E-state index in [1.165, 1.54) is 6.33 Å². The largest absolute Gasteiger partial charge is 0.493 e. The third-order valence-electron chi connectivity index (χ3n) is 3.66. The first-order valence-electron chi connectivity index (χ1n) is 7.73. The number of anilines is 1. The molecule has 0 spiro atoms. The molecule has 1 N–H and O–H groups in total. The summed E-state index contributed by atoms with van der Waals surface area (Å²) in [6, 6.07) is 10.9. The van der Waals surface area contributed by atoms with E-state index in [4.69, 9.17) is 16.3 Å². The number of aromatic nitrogens is 2. The number of benzene rings is 2. The van der Waals surface area contributed by atoms with Crippen molar-refractivity contribution in [1.29, 1.82) is 0 Å². The van der Waals surface area contributed by atoms with E-state index in [-0.39, 0.29) is 5.82 Å². The summed E-state index contributed by atoms with van der Waals surface area (Å²) in [7, 11) is 0. The quantitative estimate of drug-likeness (QED) is 0.669. The maximum Gasteiger partial charge on any atom is 0.137 e. The highest BCUT2D eigenvalue weighted by molar-refractivity contribution is 6.29. The van der Waals surface area contributed by atoms with Gasteiger partial charge < -0.3 is 10.1 Å². The van der Waals surface area contributed by atoms with Gasteiger partial charge in [-0.2, -0.15) is 0 Å². The molecular weight excluding hydrogens is 329 g/mol. The molecule has 3 rings (SSSR count). The summed E-state index contributed by atoms with van der Waals surface area (Å²) in [5.41, 5.74) is 0.559. The number of rotatable bonds is 6. The molecule has 0 aliphatic carbocycles. The van der Waals surface area contributed by atoms with Crippen LogP contribution in [0, 0.1) is 5.82 Å². The Morgan fingerprint density at radius 1 is 1.21 bits per heavy atom. The van der Waals surface area contributed by atoms with Gasteiger partial charge in [0.15, 0.2) is 0 Å². The van der Waals surface area contributed by atoms with Crippen LogP contribution in [0.4, 0.5) is 10.2 Å². The summed E-state index contributed by atoms with van der Waals surface area (Å²) in [6.07, 6.45) is 1.85. The second-order valence-electron chi connectivity index (χ2n) is 5.22. The Hall–Kier alpha value is -2.40.